The van der Waals surface area contributed by atoms with Gasteiger partial charge in [-0.1, -0.05) is 58.5 Å². The van der Waals surface area contributed by atoms with Crippen LogP contribution in [-0.2, 0) is 0 Å². The Kier molecular flexibility index (Phi) is 6.77. The van der Waals surface area contributed by atoms with Gasteiger partial charge in [0.15, 0.2) is 0 Å². The predicted octanol–water partition coefficient (Wildman–Crippen LogP) is 3.51. The standard InChI is InChI=1S/C10H25NSi/c1-4-5-6-7-8-9-10-12(2,3)11/h4-11H2,1-3H3. The van der Waals surface area contributed by atoms with Gasteiger partial charge in [-0.3, -0.25) is 0 Å². The lowest BCUT2D eigenvalue weighted by molar-refractivity contribution is 0.622. The maximum atomic E-state index is 6.02. The van der Waals surface area contributed by atoms with Crippen LogP contribution in [0, 0.1) is 0 Å². The van der Waals surface area contributed by atoms with E-state index >= 15 is 0 Å². The molecule has 74 valence electrons. The maximum absolute atomic E-state index is 6.02. The first kappa shape index (κ1) is 12.2. The van der Waals surface area contributed by atoms with Gasteiger partial charge in [0.1, 0.15) is 8.24 Å². The lowest BCUT2D eigenvalue weighted by Gasteiger charge is -2.14. The SMILES string of the molecule is CCCCCCCC[Si](C)(C)N. The first-order chi connectivity index (χ1) is 5.56. The summed E-state index contributed by atoms with van der Waals surface area (Å²) >= 11 is 0. The molecule has 0 aromatic heterocycles. The summed E-state index contributed by atoms with van der Waals surface area (Å²) in [6.07, 6.45) is 8.34. The number of rotatable bonds is 7. The minimum absolute atomic E-state index is 1.23. The van der Waals surface area contributed by atoms with Crippen molar-refractivity contribution in [2.24, 2.45) is 5.40 Å². The van der Waals surface area contributed by atoms with Gasteiger partial charge in [-0.15, -0.1) is 0 Å². The normalized spacial score (nSPS) is 12.0. The summed E-state index contributed by atoms with van der Waals surface area (Å²) in [6.45, 7) is 6.76. The van der Waals surface area contributed by atoms with Crippen molar-refractivity contribution in [1.29, 1.82) is 0 Å². The summed E-state index contributed by atoms with van der Waals surface area (Å²) < 4.78 is 0. The monoisotopic (exact) mass is 187 g/mol. The van der Waals surface area contributed by atoms with Crippen molar-refractivity contribution < 1.29 is 0 Å². The fraction of sp³-hybridized carbons (Fsp3) is 1.00. The Balaban J connectivity index is 3.01. The Morgan fingerprint density at radius 1 is 0.917 bits per heavy atom. The minimum atomic E-state index is -1.23. The second-order valence-corrected chi connectivity index (χ2v) is 8.98. The fourth-order valence-electron chi connectivity index (χ4n) is 1.36. The highest BCUT2D eigenvalue weighted by Crippen LogP contribution is 2.11. The van der Waals surface area contributed by atoms with Gasteiger partial charge >= 0.3 is 0 Å². The molecule has 0 aliphatic carbocycles. The molecule has 12 heavy (non-hydrogen) atoms. The highest BCUT2D eigenvalue weighted by atomic mass is 28.3. The van der Waals surface area contributed by atoms with Crippen LogP contribution in [0.1, 0.15) is 45.4 Å². The Morgan fingerprint density at radius 2 is 1.42 bits per heavy atom. The Hall–Kier alpha value is 0.177. The molecule has 0 aliphatic heterocycles. The summed E-state index contributed by atoms with van der Waals surface area (Å²) in [7, 11) is -1.23. The van der Waals surface area contributed by atoms with Crippen LogP contribution in [0.15, 0.2) is 0 Å². The highest BCUT2D eigenvalue weighted by Gasteiger charge is 2.12. The maximum Gasteiger partial charge on any atom is 0.116 e. The number of nitrogens with two attached hydrogens (primary N) is 1. The van der Waals surface area contributed by atoms with Gasteiger partial charge in [-0.25, -0.2) is 0 Å². The predicted molar refractivity (Wildman–Crippen MR) is 59.9 cm³/mol. The zero-order valence-electron chi connectivity index (χ0n) is 9.03. The molecular formula is C10H25NSi. The van der Waals surface area contributed by atoms with Crippen molar-refractivity contribution in [3.63, 3.8) is 0 Å². The summed E-state index contributed by atoms with van der Waals surface area (Å²) in [4.78, 5) is 0. The van der Waals surface area contributed by atoms with Gasteiger partial charge in [0.25, 0.3) is 0 Å². The zero-order chi connectivity index (χ0) is 9.45. The lowest BCUT2D eigenvalue weighted by Crippen LogP contribution is -2.37. The van der Waals surface area contributed by atoms with Crippen molar-refractivity contribution in [2.45, 2.75) is 64.6 Å². The third kappa shape index (κ3) is 10.2. The minimum Gasteiger partial charge on any atom is -0.351 e. The van der Waals surface area contributed by atoms with E-state index in [2.05, 4.69) is 20.0 Å². The van der Waals surface area contributed by atoms with Gasteiger partial charge in [-0.05, 0) is 6.04 Å². The van der Waals surface area contributed by atoms with Crippen LogP contribution in [-0.4, -0.2) is 8.24 Å². The van der Waals surface area contributed by atoms with Gasteiger partial charge in [0, 0.05) is 0 Å². The van der Waals surface area contributed by atoms with E-state index in [4.69, 9.17) is 5.40 Å². The molecule has 0 saturated heterocycles. The Labute approximate surface area is 78.8 Å². The molecule has 0 rings (SSSR count). The molecule has 0 spiro atoms. The van der Waals surface area contributed by atoms with Gasteiger partial charge in [0.05, 0.1) is 0 Å². The van der Waals surface area contributed by atoms with E-state index in [1.54, 1.807) is 0 Å². The van der Waals surface area contributed by atoms with E-state index < -0.39 is 8.24 Å². The van der Waals surface area contributed by atoms with Crippen molar-refractivity contribution >= 4 is 8.24 Å². The number of hydrogen-bond donors (Lipinski definition) is 1. The van der Waals surface area contributed by atoms with Crippen molar-refractivity contribution in [3.8, 4) is 0 Å². The summed E-state index contributed by atoms with van der Waals surface area (Å²) in [5.41, 5.74) is 0. The second-order valence-electron chi connectivity index (χ2n) is 4.51. The largest absolute Gasteiger partial charge is 0.351 e. The number of hydrogen-bond acceptors (Lipinski definition) is 1. The van der Waals surface area contributed by atoms with Crippen LogP contribution in [0.2, 0.25) is 19.1 Å². The van der Waals surface area contributed by atoms with E-state index in [-0.39, 0.29) is 0 Å². The van der Waals surface area contributed by atoms with Gasteiger partial charge < -0.3 is 5.40 Å². The number of unbranched alkanes of at least 4 members (excludes halogenated alkanes) is 5. The zero-order valence-corrected chi connectivity index (χ0v) is 10.0. The van der Waals surface area contributed by atoms with Crippen LogP contribution >= 0.6 is 0 Å². The van der Waals surface area contributed by atoms with Crippen molar-refractivity contribution in [2.75, 3.05) is 0 Å². The Bertz CT molecular complexity index is 96.5. The lowest BCUT2D eigenvalue weighted by atomic mass is 10.1. The third-order valence-electron chi connectivity index (χ3n) is 2.17. The molecule has 0 amide bonds. The average Bonchev–Trinajstić information content (AvgIpc) is 1.94. The van der Waals surface area contributed by atoms with Gasteiger partial charge in [-0.2, -0.15) is 0 Å². The molecule has 0 aliphatic rings. The molecule has 0 saturated carbocycles. The molecule has 0 bridgehead atoms. The van der Waals surface area contributed by atoms with Crippen molar-refractivity contribution in [1.82, 2.24) is 0 Å². The average molecular weight is 187 g/mol. The third-order valence-corrected chi connectivity index (χ3v) is 3.82. The molecule has 0 aromatic rings. The van der Waals surface area contributed by atoms with E-state index in [0.29, 0.717) is 0 Å². The first-order valence-corrected chi connectivity index (χ1v) is 8.63. The molecule has 2 heteroatoms. The molecule has 0 fully saturated rings. The molecular weight excluding hydrogens is 162 g/mol. The Morgan fingerprint density at radius 3 is 1.92 bits per heavy atom. The summed E-state index contributed by atoms with van der Waals surface area (Å²) in [5, 5.41) is 6.02. The van der Waals surface area contributed by atoms with Gasteiger partial charge in [0.2, 0.25) is 0 Å². The summed E-state index contributed by atoms with van der Waals surface area (Å²) in [6, 6.07) is 1.30. The molecule has 0 heterocycles. The molecule has 0 unspecified atom stereocenters. The van der Waals surface area contributed by atoms with E-state index in [0.717, 1.165) is 0 Å². The molecule has 1 nitrogen and oxygen atoms in total. The molecule has 0 atom stereocenters. The van der Waals surface area contributed by atoms with E-state index in [9.17, 15) is 0 Å². The molecule has 0 aromatic carbocycles. The quantitative estimate of drug-likeness (QED) is 0.479. The molecule has 0 radical (unpaired) electrons. The smallest absolute Gasteiger partial charge is 0.116 e. The van der Waals surface area contributed by atoms with Crippen LogP contribution in [0.4, 0.5) is 0 Å². The van der Waals surface area contributed by atoms with Crippen LogP contribution in [0.3, 0.4) is 0 Å². The van der Waals surface area contributed by atoms with Crippen LogP contribution in [0.25, 0.3) is 0 Å². The van der Waals surface area contributed by atoms with E-state index in [1.807, 2.05) is 0 Å². The topological polar surface area (TPSA) is 26.0 Å². The summed E-state index contributed by atoms with van der Waals surface area (Å²) in [5.74, 6) is 0. The fourth-order valence-corrected chi connectivity index (χ4v) is 2.52. The first-order valence-electron chi connectivity index (χ1n) is 5.35. The van der Waals surface area contributed by atoms with Crippen molar-refractivity contribution in [3.05, 3.63) is 0 Å². The second kappa shape index (κ2) is 6.67. The highest BCUT2D eigenvalue weighted by molar-refractivity contribution is 6.74. The molecule has 2 N–H and O–H groups in total. The van der Waals surface area contributed by atoms with Crippen LogP contribution in [0.5, 0.6) is 0 Å². The van der Waals surface area contributed by atoms with Crippen LogP contribution < -0.4 is 5.40 Å². The van der Waals surface area contributed by atoms with E-state index in [1.165, 1.54) is 44.6 Å².